The van der Waals surface area contributed by atoms with Crippen LogP contribution in [0.4, 0.5) is 0 Å². The number of hydrogen-bond donors (Lipinski definition) is 1. The Balaban J connectivity index is 1.93. The Bertz CT molecular complexity index is 1320. The van der Waals surface area contributed by atoms with Gasteiger partial charge >= 0.3 is 7.37 Å². The van der Waals surface area contributed by atoms with Crippen LogP contribution in [0, 0.1) is 20.8 Å². The molecule has 0 spiro atoms. The number of carbonyl (C=O) groups excluding carboxylic acids is 2. The fourth-order valence-electron chi connectivity index (χ4n) is 5.57. The van der Waals surface area contributed by atoms with E-state index < -0.39 is 29.9 Å². The topological polar surface area (TPSA) is 80.7 Å². The van der Waals surface area contributed by atoms with Crippen LogP contribution in [0.3, 0.4) is 0 Å². The fraction of sp³-hybridized carbons (Fsp3) is 0.355. The second-order valence-corrected chi connectivity index (χ2v) is 12.6. The zero-order chi connectivity index (χ0) is 26.8. The Morgan fingerprint density at radius 3 is 1.92 bits per heavy atom. The summed E-state index contributed by atoms with van der Waals surface area (Å²) in [4.78, 5) is 28.4. The van der Waals surface area contributed by atoms with E-state index in [1.807, 2.05) is 32.9 Å². The summed E-state index contributed by atoms with van der Waals surface area (Å²) in [6.45, 7) is 7.07. The number of Topliss-reactive ketones (excluding diaryl/α,β-unsaturated/α-hetero) is 1. The highest BCUT2D eigenvalue weighted by Gasteiger charge is 2.58. The van der Waals surface area contributed by atoms with Crippen molar-refractivity contribution >= 4 is 24.0 Å². The Morgan fingerprint density at radius 2 is 1.38 bits per heavy atom. The van der Waals surface area contributed by atoms with Gasteiger partial charge in [0.15, 0.2) is 11.4 Å². The number of benzene rings is 3. The molecule has 6 heteroatoms. The van der Waals surface area contributed by atoms with Gasteiger partial charge in [-0.15, -0.1) is 0 Å². The third kappa shape index (κ3) is 5.01. The molecule has 2 atom stereocenters. The minimum absolute atomic E-state index is 0.200. The molecular weight excluding hydrogens is 483 g/mol. The van der Waals surface area contributed by atoms with Crippen molar-refractivity contribution in [3.05, 3.63) is 101 Å². The minimum Gasteiger partial charge on any atom is -0.386 e. The van der Waals surface area contributed by atoms with Crippen molar-refractivity contribution in [1.29, 1.82) is 0 Å². The molecule has 0 heterocycles. The second kappa shape index (κ2) is 10.5. The molecule has 3 aromatic carbocycles. The maximum absolute atomic E-state index is 15.0. The first-order valence-corrected chi connectivity index (χ1v) is 14.5. The fourth-order valence-corrected chi connectivity index (χ4v) is 7.98. The van der Waals surface area contributed by atoms with E-state index in [-0.39, 0.29) is 5.30 Å². The van der Waals surface area contributed by atoms with Gasteiger partial charge in [-0.3, -0.25) is 14.2 Å². The van der Waals surface area contributed by atoms with E-state index in [2.05, 4.69) is 0 Å². The molecule has 0 aliphatic heterocycles. The first-order chi connectivity index (χ1) is 17.5. The summed E-state index contributed by atoms with van der Waals surface area (Å²) in [6, 6.07) is 20.7. The molecular formula is C31H35O5P. The second-order valence-electron chi connectivity index (χ2n) is 10.4. The van der Waals surface area contributed by atoms with Crippen molar-refractivity contribution < 1.29 is 23.8 Å². The van der Waals surface area contributed by atoms with Crippen molar-refractivity contribution in [3.63, 3.8) is 0 Å². The summed E-state index contributed by atoms with van der Waals surface area (Å²) in [5.41, 5.74) is -1.14. The van der Waals surface area contributed by atoms with E-state index in [0.717, 1.165) is 12.0 Å². The van der Waals surface area contributed by atoms with Crippen molar-refractivity contribution in [1.82, 2.24) is 0 Å². The number of hydrogen-bond acceptors (Lipinski definition) is 5. The van der Waals surface area contributed by atoms with Crippen molar-refractivity contribution in [2.75, 3.05) is 0 Å². The molecule has 1 N–H and O–H groups in total. The summed E-state index contributed by atoms with van der Waals surface area (Å²) in [5.74, 6) is -0.487. The molecule has 0 amide bonds. The van der Waals surface area contributed by atoms with Crippen LogP contribution < -0.4 is 5.30 Å². The van der Waals surface area contributed by atoms with Gasteiger partial charge in [0.2, 0.25) is 0 Å². The smallest absolute Gasteiger partial charge is 0.301 e. The Kier molecular flexibility index (Phi) is 7.71. The zero-order valence-electron chi connectivity index (χ0n) is 22.0. The van der Waals surface area contributed by atoms with Crippen LogP contribution in [0.1, 0.15) is 76.4 Å². The van der Waals surface area contributed by atoms with Crippen LogP contribution in [0.2, 0.25) is 0 Å². The summed E-state index contributed by atoms with van der Waals surface area (Å²) in [6.07, 6.45) is 2.96. The number of aryl methyl sites for hydroxylation is 3. The summed E-state index contributed by atoms with van der Waals surface area (Å²) >= 11 is 0. The third-order valence-corrected chi connectivity index (χ3v) is 9.96. The van der Waals surface area contributed by atoms with Gasteiger partial charge in [-0.1, -0.05) is 85.5 Å². The Hall–Kier alpha value is -2.85. The molecule has 0 aromatic heterocycles. The molecule has 2 unspecified atom stereocenters. The monoisotopic (exact) mass is 518 g/mol. The normalized spacial score (nSPS) is 18.4. The lowest BCUT2D eigenvalue weighted by atomic mass is 9.70. The SMILES string of the molecule is Cc1cc(C)c(C(=O)P(=O)(OC(C)(C(=O)c2ccccc2)C2(O)CCCCC2)c2ccccc2)c(C)c1. The lowest BCUT2D eigenvalue weighted by molar-refractivity contribution is -0.118. The van der Waals surface area contributed by atoms with Gasteiger partial charge in [0.1, 0.15) is 5.60 Å². The van der Waals surface area contributed by atoms with Crippen LogP contribution in [0.25, 0.3) is 0 Å². The molecule has 0 bridgehead atoms. The van der Waals surface area contributed by atoms with Gasteiger partial charge in [0.25, 0.3) is 5.52 Å². The van der Waals surface area contributed by atoms with Crippen LogP contribution >= 0.6 is 7.37 Å². The average Bonchev–Trinajstić information content (AvgIpc) is 2.88. The lowest BCUT2D eigenvalue weighted by Crippen LogP contribution is -2.60. The Morgan fingerprint density at radius 1 is 0.865 bits per heavy atom. The van der Waals surface area contributed by atoms with E-state index in [9.17, 15) is 14.7 Å². The van der Waals surface area contributed by atoms with E-state index in [4.69, 9.17) is 4.52 Å². The molecule has 0 radical (unpaired) electrons. The molecule has 37 heavy (non-hydrogen) atoms. The van der Waals surface area contributed by atoms with Gasteiger partial charge in [-0.2, -0.15) is 0 Å². The van der Waals surface area contributed by atoms with Crippen LogP contribution in [0.5, 0.6) is 0 Å². The van der Waals surface area contributed by atoms with Crippen LogP contribution in [-0.2, 0) is 9.09 Å². The average molecular weight is 519 g/mol. The molecule has 1 fully saturated rings. The minimum atomic E-state index is -4.38. The highest BCUT2D eigenvalue weighted by atomic mass is 31.2. The molecule has 1 saturated carbocycles. The Labute approximate surface area is 219 Å². The summed E-state index contributed by atoms with van der Waals surface area (Å²) in [7, 11) is -4.38. The van der Waals surface area contributed by atoms with Crippen molar-refractivity contribution in [2.45, 2.75) is 71.0 Å². The molecule has 3 aromatic rings. The van der Waals surface area contributed by atoms with E-state index in [1.54, 1.807) is 60.7 Å². The molecule has 194 valence electrons. The number of rotatable bonds is 8. The number of aliphatic hydroxyl groups is 1. The van der Waals surface area contributed by atoms with E-state index in [0.29, 0.717) is 47.9 Å². The van der Waals surface area contributed by atoms with Gasteiger partial charge < -0.3 is 9.63 Å². The number of ketones is 1. The zero-order valence-corrected chi connectivity index (χ0v) is 22.9. The molecule has 1 aliphatic carbocycles. The maximum atomic E-state index is 15.0. The molecule has 0 saturated heterocycles. The van der Waals surface area contributed by atoms with E-state index >= 15 is 4.57 Å². The maximum Gasteiger partial charge on any atom is 0.301 e. The van der Waals surface area contributed by atoms with Gasteiger partial charge in [-0.25, -0.2) is 0 Å². The predicted octanol–water partition coefficient (Wildman–Crippen LogP) is 6.71. The molecule has 5 nitrogen and oxygen atoms in total. The standard InChI is InChI=1S/C31H35O5P/c1-22-20-23(2)27(24(3)21-22)29(33)37(35,26-16-10-6-11-17-26)36-30(4,31(34)18-12-7-13-19-31)28(32)25-14-8-5-9-15-25/h5-6,8-11,14-17,20-21,34H,7,12-13,18-19H2,1-4H3. The van der Waals surface area contributed by atoms with E-state index in [1.165, 1.54) is 6.92 Å². The predicted molar refractivity (Wildman–Crippen MR) is 147 cm³/mol. The highest BCUT2D eigenvalue weighted by molar-refractivity contribution is 7.83. The van der Waals surface area contributed by atoms with Gasteiger partial charge in [-0.05, 0) is 63.8 Å². The van der Waals surface area contributed by atoms with Gasteiger partial charge in [0, 0.05) is 16.4 Å². The first-order valence-electron chi connectivity index (χ1n) is 12.8. The highest BCUT2D eigenvalue weighted by Crippen LogP contribution is 2.57. The summed E-state index contributed by atoms with van der Waals surface area (Å²) < 4.78 is 21.4. The number of carbonyl (C=O) groups is 2. The van der Waals surface area contributed by atoms with Crippen LogP contribution in [0.15, 0.2) is 72.8 Å². The summed E-state index contributed by atoms with van der Waals surface area (Å²) in [5, 5.41) is 12.2. The van der Waals surface area contributed by atoms with Crippen LogP contribution in [-0.4, -0.2) is 27.6 Å². The van der Waals surface area contributed by atoms with Crippen molar-refractivity contribution in [3.8, 4) is 0 Å². The quantitative estimate of drug-likeness (QED) is 0.265. The molecule has 4 rings (SSSR count). The molecule has 1 aliphatic rings. The lowest BCUT2D eigenvalue weighted by Gasteiger charge is -2.46. The first kappa shape index (κ1) is 27.2. The van der Waals surface area contributed by atoms with Crippen molar-refractivity contribution in [2.24, 2.45) is 0 Å². The van der Waals surface area contributed by atoms with Gasteiger partial charge in [0.05, 0.1) is 0 Å². The largest absolute Gasteiger partial charge is 0.386 e. The third-order valence-electron chi connectivity index (χ3n) is 7.60.